The molecule has 0 spiro atoms. The standard InChI is InChI=1S/C37H47BrN6O8/c38-24-15-13-23(14-16-24)31(45)39-17-1-7-25(39)32(46)40-18-2-8-26(40)33(47)41-19-3-9-27(41)34(48)42-20-4-10-28(42)35(49)43-21-5-11-29(43)36(50)44-22-6-12-30(44)37(51)52/h13-16,25-30H,1-12,17-22H2,(H,51,52)/t25-,26-,27-,28-,29-,30-/m0/s1. The van der Waals surface area contributed by atoms with Crippen LogP contribution in [-0.4, -0.2) is 151 Å². The Morgan fingerprint density at radius 2 is 0.712 bits per heavy atom. The van der Waals surface area contributed by atoms with Gasteiger partial charge in [-0.15, -0.1) is 0 Å². The molecule has 0 saturated carbocycles. The van der Waals surface area contributed by atoms with E-state index in [9.17, 15) is 38.7 Å². The number of amides is 6. The molecule has 0 aliphatic carbocycles. The summed E-state index contributed by atoms with van der Waals surface area (Å²) in [6, 6.07) is 2.52. The lowest BCUT2D eigenvalue weighted by Gasteiger charge is -2.36. The summed E-state index contributed by atoms with van der Waals surface area (Å²) < 4.78 is 0.851. The van der Waals surface area contributed by atoms with Crippen LogP contribution in [0.4, 0.5) is 0 Å². The first kappa shape index (κ1) is 36.4. The zero-order chi connectivity index (χ0) is 36.7. The number of likely N-dealkylation sites (tertiary alicyclic amines) is 6. The topological polar surface area (TPSA) is 159 Å². The molecule has 7 rings (SSSR count). The normalized spacial score (nSPS) is 29.0. The fraction of sp³-hybridized carbons (Fsp3) is 0.649. The number of hydrogen-bond donors (Lipinski definition) is 1. The smallest absolute Gasteiger partial charge is 0.326 e. The number of nitrogens with zero attached hydrogens (tertiary/aromatic N) is 6. The highest BCUT2D eigenvalue weighted by Gasteiger charge is 2.50. The van der Waals surface area contributed by atoms with Gasteiger partial charge in [0, 0.05) is 49.3 Å². The van der Waals surface area contributed by atoms with Gasteiger partial charge in [0.25, 0.3) is 5.91 Å². The summed E-state index contributed by atoms with van der Waals surface area (Å²) in [6.07, 6.45) is 6.54. The van der Waals surface area contributed by atoms with Crippen LogP contribution in [0.3, 0.4) is 0 Å². The molecule has 6 aliphatic rings. The van der Waals surface area contributed by atoms with Crippen LogP contribution in [0, 0.1) is 0 Å². The molecular weight excluding hydrogens is 736 g/mol. The first-order valence-electron chi connectivity index (χ1n) is 18.9. The number of carboxylic acid groups (broad SMARTS) is 1. The highest BCUT2D eigenvalue weighted by molar-refractivity contribution is 9.10. The number of carboxylic acids is 1. The van der Waals surface area contributed by atoms with Gasteiger partial charge in [0.1, 0.15) is 36.3 Å². The van der Waals surface area contributed by atoms with Gasteiger partial charge in [-0.1, -0.05) is 15.9 Å². The molecule has 0 bridgehead atoms. The van der Waals surface area contributed by atoms with E-state index in [-0.39, 0.29) is 35.4 Å². The Hall–Kier alpha value is -4.01. The highest BCUT2D eigenvalue weighted by Crippen LogP contribution is 2.33. The molecule has 1 aromatic rings. The number of carbonyl (C=O) groups excluding carboxylic acids is 6. The molecule has 0 aromatic heterocycles. The Balaban J connectivity index is 1.02. The lowest BCUT2D eigenvalue weighted by atomic mass is 10.1. The maximum atomic E-state index is 14.2. The fourth-order valence-electron chi connectivity index (χ4n) is 9.42. The number of aliphatic carboxylic acids is 1. The summed E-state index contributed by atoms with van der Waals surface area (Å²) in [4.78, 5) is 105. The Kier molecular flexibility index (Phi) is 10.6. The molecule has 1 N–H and O–H groups in total. The predicted molar refractivity (Wildman–Crippen MR) is 190 cm³/mol. The van der Waals surface area contributed by atoms with Gasteiger partial charge < -0.3 is 34.5 Å². The zero-order valence-corrected chi connectivity index (χ0v) is 31.0. The van der Waals surface area contributed by atoms with Crippen LogP contribution in [0.25, 0.3) is 0 Å². The number of hydrogen-bond acceptors (Lipinski definition) is 7. The zero-order valence-electron chi connectivity index (χ0n) is 29.4. The largest absolute Gasteiger partial charge is 0.480 e. The fourth-order valence-corrected chi connectivity index (χ4v) is 9.68. The van der Waals surface area contributed by atoms with E-state index in [0.29, 0.717) is 122 Å². The van der Waals surface area contributed by atoms with Gasteiger partial charge in [0.15, 0.2) is 0 Å². The van der Waals surface area contributed by atoms with Gasteiger partial charge in [-0.25, -0.2) is 4.79 Å². The van der Waals surface area contributed by atoms with Crippen molar-refractivity contribution < 1.29 is 38.7 Å². The molecule has 280 valence electrons. The molecule has 6 amide bonds. The van der Waals surface area contributed by atoms with Crippen LogP contribution in [0.2, 0.25) is 0 Å². The third-order valence-electron chi connectivity index (χ3n) is 12.0. The molecule has 52 heavy (non-hydrogen) atoms. The van der Waals surface area contributed by atoms with Crippen molar-refractivity contribution >= 4 is 57.3 Å². The summed E-state index contributed by atoms with van der Waals surface area (Å²) >= 11 is 3.39. The average Bonchev–Trinajstić information content (AvgIpc) is 4.00. The van der Waals surface area contributed by atoms with Crippen LogP contribution in [0.1, 0.15) is 87.4 Å². The minimum absolute atomic E-state index is 0.213. The molecule has 0 unspecified atom stereocenters. The maximum absolute atomic E-state index is 14.2. The summed E-state index contributed by atoms with van der Waals surface area (Å²) in [5.41, 5.74) is 0.499. The molecule has 0 radical (unpaired) electrons. The monoisotopic (exact) mass is 782 g/mol. The number of halogens is 1. The van der Waals surface area contributed by atoms with E-state index in [4.69, 9.17) is 0 Å². The Labute approximate surface area is 311 Å². The second-order valence-electron chi connectivity index (χ2n) is 14.9. The van der Waals surface area contributed by atoms with Gasteiger partial charge in [-0.05, 0) is 101 Å². The third kappa shape index (κ3) is 6.69. The molecule has 14 nitrogen and oxygen atoms in total. The Morgan fingerprint density at radius 1 is 0.442 bits per heavy atom. The molecule has 6 saturated heterocycles. The van der Waals surface area contributed by atoms with Crippen LogP contribution in [0.15, 0.2) is 28.7 Å². The van der Waals surface area contributed by atoms with Crippen molar-refractivity contribution in [1.29, 1.82) is 0 Å². The maximum Gasteiger partial charge on any atom is 0.326 e. The van der Waals surface area contributed by atoms with Crippen molar-refractivity contribution in [2.45, 2.75) is 113 Å². The van der Waals surface area contributed by atoms with Crippen molar-refractivity contribution in [3.05, 3.63) is 34.3 Å². The molecule has 6 aliphatic heterocycles. The van der Waals surface area contributed by atoms with Gasteiger partial charge in [0.05, 0.1) is 0 Å². The van der Waals surface area contributed by atoms with E-state index < -0.39 is 42.2 Å². The molecule has 1 aromatic carbocycles. The minimum Gasteiger partial charge on any atom is -0.480 e. The van der Waals surface area contributed by atoms with Gasteiger partial charge in [-0.3, -0.25) is 28.8 Å². The van der Waals surface area contributed by atoms with Crippen LogP contribution >= 0.6 is 15.9 Å². The van der Waals surface area contributed by atoms with Crippen LogP contribution < -0.4 is 0 Å². The summed E-state index contributed by atoms with van der Waals surface area (Å²) in [7, 11) is 0. The number of carbonyl (C=O) groups is 7. The second-order valence-corrected chi connectivity index (χ2v) is 15.9. The van der Waals surface area contributed by atoms with E-state index in [2.05, 4.69) is 15.9 Å². The van der Waals surface area contributed by atoms with Crippen molar-refractivity contribution in [3.63, 3.8) is 0 Å². The van der Waals surface area contributed by atoms with E-state index in [1.807, 2.05) is 0 Å². The van der Waals surface area contributed by atoms with Gasteiger partial charge in [0.2, 0.25) is 29.5 Å². The number of rotatable bonds is 7. The predicted octanol–water partition coefficient (Wildman–Crippen LogP) is 2.09. The second kappa shape index (κ2) is 15.2. The minimum atomic E-state index is -1.04. The first-order chi connectivity index (χ1) is 25.1. The summed E-state index contributed by atoms with van der Waals surface area (Å²) in [6.45, 7) is 2.32. The van der Waals surface area contributed by atoms with E-state index in [0.717, 1.165) is 4.47 Å². The van der Waals surface area contributed by atoms with Crippen molar-refractivity contribution in [2.24, 2.45) is 0 Å². The van der Waals surface area contributed by atoms with Crippen LogP contribution in [-0.2, 0) is 28.8 Å². The molecular formula is C37H47BrN6O8. The van der Waals surface area contributed by atoms with E-state index >= 15 is 0 Å². The lowest BCUT2D eigenvalue weighted by molar-refractivity contribution is -0.155. The van der Waals surface area contributed by atoms with Crippen molar-refractivity contribution in [1.82, 2.24) is 29.4 Å². The molecule has 6 heterocycles. The van der Waals surface area contributed by atoms with Gasteiger partial charge >= 0.3 is 5.97 Å². The SMILES string of the molecule is O=C(O)[C@@H]1CCCN1C(=O)[C@@H]1CCCN1C(=O)[C@@H]1CCCN1C(=O)[C@@H]1CCCN1C(=O)[C@@H]1CCCN1C(=O)[C@@H]1CCCN1C(=O)c1ccc(Br)cc1. The lowest BCUT2D eigenvalue weighted by Crippen LogP contribution is -2.58. The van der Waals surface area contributed by atoms with E-state index in [1.54, 1.807) is 48.8 Å². The van der Waals surface area contributed by atoms with Gasteiger partial charge in [-0.2, -0.15) is 0 Å². The molecule has 6 fully saturated rings. The molecule has 15 heteroatoms. The van der Waals surface area contributed by atoms with E-state index in [1.165, 1.54) is 4.90 Å². The average molecular weight is 784 g/mol. The summed E-state index contributed by atoms with van der Waals surface area (Å²) in [5.74, 6) is -2.67. The highest BCUT2D eigenvalue weighted by atomic mass is 79.9. The van der Waals surface area contributed by atoms with Crippen molar-refractivity contribution in [2.75, 3.05) is 39.3 Å². The quantitative estimate of drug-likeness (QED) is 0.441. The Bertz CT molecular complexity index is 1620. The third-order valence-corrected chi connectivity index (χ3v) is 12.5. The molecule has 6 atom stereocenters. The van der Waals surface area contributed by atoms with Crippen LogP contribution in [0.5, 0.6) is 0 Å². The number of benzene rings is 1. The Morgan fingerprint density at radius 3 is 1.04 bits per heavy atom. The first-order valence-corrected chi connectivity index (χ1v) is 19.7. The van der Waals surface area contributed by atoms with Crippen molar-refractivity contribution in [3.8, 4) is 0 Å². The summed E-state index contributed by atoms with van der Waals surface area (Å²) in [5, 5.41) is 9.64.